The second kappa shape index (κ2) is 10.7. The van der Waals surface area contributed by atoms with Gasteiger partial charge in [-0.3, -0.25) is 0 Å². The number of halogens is 1. The van der Waals surface area contributed by atoms with Gasteiger partial charge in [0, 0.05) is 18.2 Å². The van der Waals surface area contributed by atoms with Crippen LogP contribution < -0.4 is 14.8 Å². The minimum absolute atomic E-state index is 0.0492. The Bertz CT molecular complexity index is 989. The summed E-state index contributed by atoms with van der Waals surface area (Å²) < 4.78 is 13.3. The van der Waals surface area contributed by atoms with Crippen LogP contribution in [0.5, 0.6) is 11.5 Å². The minimum Gasteiger partial charge on any atom is -0.493 e. The van der Waals surface area contributed by atoms with E-state index in [-0.39, 0.29) is 19.3 Å². The van der Waals surface area contributed by atoms with Crippen LogP contribution in [0.4, 0.5) is 0 Å². The normalized spacial score (nSPS) is 12.2. The van der Waals surface area contributed by atoms with E-state index in [1.807, 2.05) is 55.5 Å². The zero-order valence-corrected chi connectivity index (χ0v) is 19.2. The quantitative estimate of drug-likeness (QED) is 0.482. The summed E-state index contributed by atoms with van der Waals surface area (Å²) in [7, 11) is 1.62. The third-order valence-corrected chi connectivity index (χ3v) is 5.68. The first-order chi connectivity index (χ1) is 14.9. The first kappa shape index (κ1) is 23.1. The SMILES string of the molecule is COc1cc(CN[C@H](CO)C(C)C)ccc1OCc1c(C)nn(-c2ccccc2)c1Cl. The van der Waals surface area contributed by atoms with Gasteiger partial charge in [-0.2, -0.15) is 5.10 Å². The molecule has 3 rings (SSSR count). The molecule has 3 aromatic rings. The molecule has 0 bridgehead atoms. The van der Waals surface area contributed by atoms with Crippen LogP contribution in [0.3, 0.4) is 0 Å². The largest absolute Gasteiger partial charge is 0.493 e. The second-order valence-corrected chi connectivity index (χ2v) is 8.15. The predicted molar refractivity (Wildman–Crippen MR) is 123 cm³/mol. The molecule has 0 aliphatic rings. The fourth-order valence-electron chi connectivity index (χ4n) is 3.29. The van der Waals surface area contributed by atoms with Crippen molar-refractivity contribution >= 4 is 11.6 Å². The monoisotopic (exact) mass is 443 g/mol. The number of aliphatic hydroxyl groups excluding tert-OH is 1. The molecule has 0 aliphatic carbocycles. The van der Waals surface area contributed by atoms with Crippen LogP contribution in [0.2, 0.25) is 5.15 Å². The van der Waals surface area contributed by atoms with E-state index >= 15 is 0 Å². The minimum atomic E-state index is 0.0492. The molecule has 6 nitrogen and oxygen atoms in total. The highest BCUT2D eigenvalue weighted by Gasteiger charge is 2.17. The standard InChI is InChI=1S/C24H30ClN3O3/c1-16(2)21(14-29)26-13-18-10-11-22(23(12-18)30-4)31-15-20-17(3)27-28(24(20)25)19-8-6-5-7-9-19/h5-12,16,21,26,29H,13-15H2,1-4H3/t21-/m1/s1. The van der Waals surface area contributed by atoms with E-state index in [4.69, 9.17) is 21.1 Å². The van der Waals surface area contributed by atoms with Gasteiger partial charge in [-0.25, -0.2) is 4.68 Å². The van der Waals surface area contributed by atoms with Gasteiger partial charge in [0.1, 0.15) is 11.8 Å². The molecule has 166 valence electrons. The van der Waals surface area contributed by atoms with E-state index in [9.17, 15) is 5.11 Å². The average molecular weight is 444 g/mol. The predicted octanol–water partition coefficient (Wildman–Crippen LogP) is 4.53. The van der Waals surface area contributed by atoms with Gasteiger partial charge in [0.15, 0.2) is 11.5 Å². The van der Waals surface area contributed by atoms with E-state index < -0.39 is 0 Å². The van der Waals surface area contributed by atoms with Gasteiger partial charge in [0.25, 0.3) is 0 Å². The van der Waals surface area contributed by atoms with E-state index in [0.29, 0.717) is 29.1 Å². The number of aliphatic hydroxyl groups is 1. The van der Waals surface area contributed by atoms with Crippen LogP contribution in [0.15, 0.2) is 48.5 Å². The molecule has 0 spiro atoms. The number of hydrogen-bond acceptors (Lipinski definition) is 5. The van der Waals surface area contributed by atoms with Crippen LogP contribution in [0, 0.1) is 12.8 Å². The van der Waals surface area contributed by atoms with Gasteiger partial charge in [-0.1, -0.05) is 49.7 Å². The van der Waals surface area contributed by atoms with Crippen molar-refractivity contribution < 1.29 is 14.6 Å². The van der Waals surface area contributed by atoms with Crippen LogP contribution in [0.25, 0.3) is 5.69 Å². The van der Waals surface area contributed by atoms with E-state index in [1.54, 1.807) is 11.8 Å². The number of aryl methyl sites for hydroxylation is 1. The molecular formula is C24H30ClN3O3. The number of rotatable bonds is 10. The maximum Gasteiger partial charge on any atom is 0.161 e. The summed E-state index contributed by atoms with van der Waals surface area (Å²) in [6.07, 6.45) is 0. The smallest absolute Gasteiger partial charge is 0.161 e. The summed E-state index contributed by atoms with van der Waals surface area (Å²) in [5.41, 5.74) is 3.60. The van der Waals surface area contributed by atoms with Crippen LogP contribution in [-0.4, -0.2) is 34.6 Å². The molecule has 31 heavy (non-hydrogen) atoms. The van der Waals surface area contributed by atoms with Gasteiger partial charge in [-0.05, 0) is 42.7 Å². The summed E-state index contributed by atoms with van der Waals surface area (Å²) in [4.78, 5) is 0. The molecule has 1 aromatic heterocycles. The van der Waals surface area contributed by atoms with E-state index in [0.717, 1.165) is 22.5 Å². The second-order valence-electron chi connectivity index (χ2n) is 7.79. The van der Waals surface area contributed by atoms with Crippen molar-refractivity contribution in [3.8, 4) is 17.2 Å². The van der Waals surface area contributed by atoms with Crippen LogP contribution >= 0.6 is 11.6 Å². The third-order valence-electron chi connectivity index (χ3n) is 5.29. The number of aromatic nitrogens is 2. The van der Waals surface area contributed by atoms with Gasteiger partial charge in [0.2, 0.25) is 0 Å². The molecule has 0 unspecified atom stereocenters. The van der Waals surface area contributed by atoms with Gasteiger partial charge >= 0.3 is 0 Å². The number of ether oxygens (including phenoxy) is 2. The fraction of sp³-hybridized carbons (Fsp3) is 0.375. The maximum absolute atomic E-state index is 9.49. The third kappa shape index (κ3) is 5.58. The number of methoxy groups -OCH3 is 1. The molecule has 0 aliphatic heterocycles. The Morgan fingerprint density at radius 1 is 1.13 bits per heavy atom. The Kier molecular flexibility index (Phi) is 7.96. The first-order valence-corrected chi connectivity index (χ1v) is 10.8. The molecule has 1 atom stereocenters. The van der Waals surface area contributed by atoms with Crippen LogP contribution in [0.1, 0.15) is 30.7 Å². The molecule has 0 radical (unpaired) electrons. The molecule has 0 amide bonds. The van der Waals surface area contributed by atoms with E-state index in [1.165, 1.54) is 0 Å². The molecule has 2 aromatic carbocycles. The summed E-state index contributed by atoms with van der Waals surface area (Å²) in [6, 6.07) is 15.6. The van der Waals surface area contributed by atoms with E-state index in [2.05, 4.69) is 24.3 Å². The number of para-hydroxylation sites is 1. The lowest BCUT2D eigenvalue weighted by Crippen LogP contribution is -2.36. The van der Waals surface area contributed by atoms with Crippen molar-refractivity contribution in [1.29, 1.82) is 0 Å². The number of hydrogen-bond donors (Lipinski definition) is 2. The summed E-state index contributed by atoms with van der Waals surface area (Å²) >= 11 is 6.60. The Labute approximate surface area is 188 Å². The van der Waals surface area contributed by atoms with Gasteiger partial charge in [0.05, 0.1) is 25.1 Å². The Morgan fingerprint density at radius 2 is 1.87 bits per heavy atom. The number of benzene rings is 2. The fourth-order valence-corrected chi connectivity index (χ4v) is 3.61. The van der Waals surface area contributed by atoms with Crippen molar-refractivity contribution in [2.45, 2.75) is 40.0 Å². The van der Waals surface area contributed by atoms with Gasteiger partial charge in [-0.15, -0.1) is 0 Å². The number of nitrogens with zero attached hydrogens (tertiary/aromatic N) is 2. The lowest BCUT2D eigenvalue weighted by atomic mass is 10.0. The first-order valence-electron chi connectivity index (χ1n) is 10.4. The molecule has 1 heterocycles. The number of nitrogens with one attached hydrogen (secondary N) is 1. The topological polar surface area (TPSA) is 68.5 Å². The van der Waals surface area contributed by atoms with Crippen LogP contribution in [-0.2, 0) is 13.2 Å². The highest BCUT2D eigenvalue weighted by Crippen LogP contribution is 2.31. The zero-order chi connectivity index (χ0) is 22.4. The summed E-state index contributed by atoms with van der Waals surface area (Å²) in [6.45, 7) is 7.10. The molecule has 0 saturated carbocycles. The maximum atomic E-state index is 9.49. The summed E-state index contributed by atoms with van der Waals surface area (Å²) in [5, 5.41) is 18.0. The van der Waals surface area contributed by atoms with Crippen molar-refractivity contribution in [3.05, 3.63) is 70.5 Å². The molecular weight excluding hydrogens is 414 g/mol. The average Bonchev–Trinajstić information content (AvgIpc) is 3.06. The van der Waals surface area contributed by atoms with Crippen molar-refractivity contribution in [2.24, 2.45) is 5.92 Å². The lowest BCUT2D eigenvalue weighted by Gasteiger charge is -2.20. The van der Waals surface area contributed by atoms with Crippen molar-refractivity contribution in [2.75, 3.05) is 13.7 Å². The van der Waals surface area contributed by atoms with Gasteiger partial charge < -0.3 is 19.9 Å². The highest BCUT2D eigenvalue weighted by atomic mass is 35.5. The Morgan fingerprint density at radius 3 is 2.52 bits per heavy atom. The lowest BCUT2D eigenvalue weighted by molar-refractivity contribution is 0.210. The van der Waals surface area contributed by atoms with Crippen molar-refractivity contribution in [3.63, 3.8) is 0 Å². The summed E-state index contributed by atoms with van der Waals surface area (Å²) in [5.74, 6) is 1.63. The Balaban J connectivity index is 1.71. The molecule has 0 fully saturated rings. The molecule has 0 saturated heterocycles. The Hall–Kier alpha value is -2.54. The molecule has 7 heteroatoms. The highest BCUT2D eigenvalue weighted by molar-refractivity contribution is 6.30. The van der Waals surface area contributed by atoms with Crippen molar-refractivity contribution in [1.82, 2.24) is 15.1 Å². The molecule has 2 N–H and O–H groups in total. The zero-order valence-electron chi connectivity index (χ0n) is 18.4.